The number of nitro benzene ring substituents is 1. The third-order valence-corrected chi connectivity index (χ3v) is 3.70. The van der Waals surface area contributed by atoms with E-state index in [1.165, 1.54) is 18.1 Å². The Labute approximate surface area is 133 Å². The van der Waals surface area contributed by atoms with Gasteiger partial charge in [-0.05, 0) is 0 Å². The molecule has 0 saturated carbocycles. The molecule has 1 N–H and O–H groups in total. The molecule has 9 heteroatoms. The van der Waals surface area contributed by atoms with Crippen LogP contribution < -0.4 is 15.0 Å². The molecule has 23 heavy (non-hydrogen) atoms. The van der Waals surface area contributed by atoms with Crippen LogP contribution in [0.25, 0.3) is 0 Å². The second kappa shape index (κ2) is 7.23. The van der Waals surface area contributed by atoms with Gasteiger partial charge in [0.25, 0.3) is 5.69 Å². The Hall–Kier alpha value is -2.42. The Bertz CT molecular complexity index is 605. The lowest BCUT2D eigenvalue weighted by molar-refractivity contribution is -0.384. The standard InChI is InChI=1S/C14H19FN4O4/c1-17(9-14(20)18-5-3-16-4-6-18)11-8-13(23-2)10(15)7-12(11)19(21)22/h7-8,16H,3-6,9H2,1-2H3. The Kier molecular flexibility index (Phi) is 5.32. The number of hydrogen-bond acceptors (Lipinski definition) is 6. The topological polar surface area (TPSA) is 88.0 Å². The molecule has 0 radical (unpaired) electrons. The fourth-order valence-corrected chi connectivity index (χ4v) is 2.44. The maximum atomic E-state index is 13.7. The number of rotatable bonds is 5. The summed E-state index contributed by atoms with van der Waals surface area (Å²) >= 11 is 0. The number of piperazine rings is 1. The van der Waals surface area contributed by atoms with Crippen LogP contribution in [0.2, 0.25) is 0 Å². The van der Waals surface area contributed by atoms with Crippen molar-refractivity contribution in [3.8, 4) is 5.75 Å². The molecule has 1 aliphatic heterocycles. The highest BCUT2D eigenvalue weighted by Crippen LogP contribution is 2.33. The van der Waals surface area contributed by atoms with Crippen LogP contribution in [0.3, 0.4) is 0 Å². The van der Waals surface area contributed by atoms with Gasteiger partial charge in [-0.1, -0.05) is 0 Å². The minimum absolute atomic E-state index is 0.0321. The van der Waals surface area contributed by atoms with Crippen molar-refractivity contribution >= 4 is 17.3 Å². The van der Waals surface area contributed by atoms with Crippen LogP contribution in [0.15, 0.2) is 12.1 Å². The zero-order chi connectivity index (χ0) is 17.0. The molecule has 1 aromatic carbocycles. The molecular weight excluding hydrogens is 307 g/mol. The van der Waals surface area contributed by atoms with Crippen molar-refractivity contribution in [3.63, 3.8) is 0 Å². The summed E-state index contributed by atoms with van der Waals surface area (Å²) in [6, 6.07) is 2.04. The van der Waals surface area contributed by atoms with E-state index in [1.807, 2.05) is 0 Å². The van der Waals surface area contributed by atoms with E-state index < -0.39 is 16.4 Å². The third kappa shape index (κ3) is 3.86. The number of likely N-dealkylation sites (N-methyl/N-ethyl adjacent to an activating group) is 1. The number of carbonyl (C=O) groups is 1. The van der Waals surface area contributed by atoms with E-state index in [0.29, 0.717) is 13.1 Å². The molecule has 0 aromatic heterocycles. The molecular formula is C14H19FN4O4. The number of hydrogen-bond donors (Lipinski definition) is 1. The van der Waals surface area contributed by atoms with E-state index in [-0.39, 0.29) is 23.9 Å². The summed E-state index contributed by atoms with van der Waals surface area (Å²) in [7, 11) is 2.83. The van der Waals surface area contributed by atoms with Gasteiger partial charge in [0, 0.05) is 39.3 Å². The highest BCUT2D eigenvalue weighted by molar-refractivity contribution is 5.83. The molecule has 0 aliphatic carbocycles. The monoisotopic (exact) mass is 326 g/mol. The number of carbonyl (C=O) groups excluding carboxylic acids is 1. The van der Waals surface area contributed by atoms with E-state index in [0.717, 1.165) is 19.2 Å². The maximum Gasteiger partial charge on any atom is 0.295 e. The van der Waals surface area contributed by atoms with Gasteiger partial charge in [-0.15, -0.1) is 0 Å². The Morgan fingerprint density at radius 2 is 2.13 bits per heavy atom. The largest absolute Gasteiger partial charge is 0.494 e. The first-order valence-electron chi connectivity index (χ1n) is 7.15. The summed E-state index contributed by atoms with van der Waals surface area (Å²) in [5, 5.41) is 14.3. The van der Waals surface area contributed by atoms with E-state index >= 15 is 0 Å². The number of ether oxygens (including phenoxy) is 1. The van der Waals surface area contributed by atoms with Crippen LogP contribution in [-0.4, -0.2) is 62.6 Å². The number of methoxy groups -OCH3 is 1. The molecule has 0 unspecified atom stereocenters. The summed E-state index contributed by atoms with van der Waals surface area (Å²) in [6.45, 7) is 2.61. The maximum absolute atomic E-state index is 13.7. The van der Waals surface area contributed by atoms with E-state index in [2.05, 4.69) is 5.32 Å². The second-order valence-corrected chi connectivity index (χ2v) is 5.22. The Balaban J connectivity index is 2.21. The number of nitro groups is 1. The number of nitrogens with one attached hydrogen (secondary N) is 1. The van der Waals surface area contributed by atoms with Crippen molar-refractivity contribution in [2.75, 3.05) is 51.8 Å². The minimum atomic E-state index is -0.815. The Morgan fingerprint density at radius 1 is 1.48 bits per heavy atom. The highest BCUT2D eigenvalue weighted by Gasteiger charge is 2.24. The fraction of sp³-hybridized carbons (Fsp3) is 0.500. The quantitative estimate of drug-likeness (QED) is 0.630. The lowest BCUT2D eigenvalue weighted by Gasteiger charge is -2.29. The second-order valence-electron chi connectivity index (χ2n) is 5.22. The molecule has 1 aromatic rings. The van der Waals surface area contributed by atoms with E-state index in [1.54, 1.807) is 11.9 Å². The number of halogens is 1. The molecule has 8 nitrogen and oxygen atoms in total. The van der Waals surface area contributed by atoms with Crippen molar-refractivity contribution in [2.24, 2.45) is 0 Å². The smallest absolute Gasteiger partial charge is 0.295 e. The lowest BCUT2D eigenvalue weighted by atomic mass is 10.2. The fourth-order valence-electron chi connectivity index (χ4n) is 2.44. The highest BCUT2D eigenvalue weighted by atomic mass is 19.1. The minimum Gasteiger partial charge on any atom is -0.494 e. The first kappa shape index (κ1) is 16.9. The SMILES string of the molecule is COc1cc(N(C)CC(=O)N2CCNCC2)c([N+](=O)[O-])cc1F. The van der Waals surface area contributed by atoms with Gasteiger partial charge in [0.15, 0.2) is 11.6 Å². The van der Waals surface area contributed by atoms with Crippen LogP contribution in [-0.2, 0) is 4.79 Å². The van der Waals surface area contributed by atoms with Gasteiger partial charge in [0.1, 0.15) is 5.69 Å². The summed E-state index contributed by atoms with van der Waals surface area (Å²) in [4.78, 5) is 25.9. The molecule has 1 fully saturated rings. The third-order valence-electron chi connectivity index (χ3n) is 3.70. The predicted molar refractivity (Wildman–Crippen MR) is 82.3 cm³/mol. The van der Waals surface area contributed by atoms with Crippen molar-refractivity contribution in [2.45, 2.75) is 0 Å². The summed E-state index contributed by atoms with van der Waals surface area (Å²) in [5.41, 5.74) is -0.268. The lowest BCUT2D eigenvalue weighted by Crippen LogP contribution is -2.49. The van der Waals surface area contributed by atoms with Crippen LogP contribution >= 0.6 is 0 Å². The predicted octanol–water partition coefficient (Wildman–Crippen LogP) is 0.611. The van der Waals surface area contributed by atoms with Crippen LogP contribution in [0.1, 0.15) is 0 Å². The van der Waals surface area contributed by atoms with E-state index in [4.69, 9.17) is 4.74 Å². The number of nitrogens with zero attached hydrogens (tertiary/aromatic N) is 3. The summed E-state index contributed by atoms with van der Waals surface area (Å²) in [6.07, 6.45) is 0. The van der Waals surface area contributed by atoms with Crippen molar-refractivity contribution in [3.05, 3.63) is 28.1 Å². The molecule has 1 amide bonds. The van der Waals surface area contributed by atoms with Gasteiger partial charge in [-0.2, -0.15) is 0 Å². The molecule has 126 valence electrons. The number of anilines is 1. The summed E-state index contributed by atoms with van der Waals surface area (Å²) in [5.74, 6) is -1.05. The summed E-state index contributed by atoms with van der Waals surface area (Å²) < 4.78 is 18.5. The van der Waals surface area contributed by atoms with Crippen LogP contribution in [0.4, 0.5) is 15.8 Å². The van der Waals surface area contributed by atoms with Crippen molar-refractivity contribution < 1.29 is 18.8 Å². The van der Waals surface area contributed by atoms with Gasteiger partial charge in [-0.25, -0.2) is 4.39 Å². The number of benzene rings is 1. The molecule has 0 atom stereocenters. The molecule has 2 rings (SSSR count). The molecule has 1 heterocycles. The van der Waals surface area contributed by atoms with Crippen LogP contribution in [0, 0.1) is 15.9 Å². The van der Waals surface area contributed by atoms with Gasteiger partial charge >= 0.3 is 0 Å². The average Bonchev–Trinajstić information content (AvgIpc) is 2.55. The molecule has 1 aliphatic rings. The van der Waals surface area contributed by atoms with Gasteiger partial charge in [0.2, 0.25) is 5.91 Å². The average molecular weight is 326 g/mol. The van der Waals surface area contributed by atoms with Crippen molar-refractivity contribution in [1.82, 2.24) is 10.2 Å². The van der Waals surface area contributed by atoms with Crippen LogP contribution in [0.5, 0.6) is 5.75 Å². The zero-order valence-electron chi connectivity index (χ0n) is 13.0. The first-order chi connectivity index (χ1) is 10.9. The molecule has 1 saturated heterocycles. The van der Waals surface area contributed by atoms with Gasteiger partial charge in [0.05, 0.1) is 24.6 Å². The zero-order valence-corrected chi connectivity index (χ0v) is 13.0. The molecule has 0 bridgehead atoms. The normalized spacial score (nSPS) is 14.5. The van der Waals surface area contributed by atoms with Gasteiger partial charge in [-0.3, -0.25) is 14.9 Å². The first-order valence-corrected chi connectivity index (χ1v) is 7.15. The van der Waals surface area contributed by atoms with Gasteiger partial charge < -0.3 is 19.9 Å². The Morgan fingerprint density at radius 3 is 2.70 bits per heavy atom. The number of amides is 1. The molecule has 0 spiro atoms. The van der Waals surface area contributed by atoms with E-state index in [9.17, 15) is 19.3 Å². The van der Waals surface area contributed by atoms with Crippen molar-refractivity contribution in [1.29, 1.82) is 0 Å².